The van der Waals surface area contributed by atoms with Gasteiger partial charge in [-0.15, -0.1) is 6.58 Å². The van der Waals surface area contributed by atoms with Crippen LogP contribution in [0.2, 0.25) is 0 Å². The minimum Gasteiger partial charge on any atom is -0.380 e. The molecule has 0 aromatic heterocycles. The van der Waals surface area contributed by atoms with Gasteiger partial charge in [0, 0.05) is 7.11 Å². The average molecular weight is 212 g/mol. The lowest BCUT2D eigenvalue weighted by atomic mass is 10.1. The van der Waals surface area contributed by atoms with E-state index in [1.54, 1.807) is 7.11 Å². The summed E-state index contributed by atoms with van der Waals surface area (Å²) >= 11 is 0. The summed E-state index contributed by atoms with van der Waals surface area (Å²) in [7, 11) is 1.69. The van der Waals surface area contributed by atoms with Crippen LogP contribution in [-0.4, -0.2) is 13.7 Å². The number of ether oxygens (including phenoxy) is 1. The van der Waals surface area contributed by atoms with Crippen molar-refractivity contribution in [1.29, 1.82) is 0 Å². The minimum absolute atomic E-state index is 0.642. The van der Waals surface area contributed by atoms with Crippen molar-refractivity contribution in [3.05, 3.63) is 36.5 Å². The molecule has 90 valence electrons. The molecule has 1 heteroatoms. The van der Waals surface area contributed by atoms with Crippen LogP contribution in [0.3, 0.4) is 0 Å². The van der Waals surface area contributed by atoms with Gasteiger partial charge in [0.15, 0.2) is 0 Å². The largest absolute Gasteiger partial charge is 0.380 e. The lowest BCUT2D eigenvalue weighted by Crippen LogP contribution is -1.94. The van der Waals surface area contributed by atoms with Crippen molar-refractivity contribution < 1.29 is 4.74 Å². The molecular formula is C14H28O. The fourth-order valence-corrected chi connectivity index (χ4v) is 0.859. The van der Waals surface area contributed by atoms with Gasteiger partial charge in [-0.25, -0.2) is 0 Å². The summed E-state index contributed by atoms with van der Waals surface area (Å²) in [5, 5.41) is 0. The van der Waals surface area contributed by atoms with Crippen molar-refractivity contribution in [3.8, 4) is 0 Å². The molecule has 0 unspecified atom stereocenters. The Morgan fingerprint density at radius 3 is 1.87 bits per heavy atom. The second kappa shape index (κ2) is 18.9. The first-order chi connectivity index (χ1) is 7.26. The monoisotopic (exact) mass is 212 g/mol. The van der Waals surface area contributed by atoms with E-state index < -0.39 is 0 Å². The molecule has 0 aliphatic heterocycles. The lowest BCUT2D eigenvalue weighted by molar-refractivity contribution is 0.227. The zero-order valence-electron chi connectivity index (χ0n) is 11.4. The Bertz CT molecular complexity index is 166. The number of allylic oxidation sites excluding steroid dienone is 2. The molecule has 0 heterocycles. The van der Waals surface area contributed by atoms with Gasteiger partial charge in [0.05, 0.1) is 6.61 Å². The maximum atomic E-state index is 5.00. The summed E-state index contributed by atoms with van der Waals surface area (Å²) in [6, 6.07) is 0. The van der Waals surface area contributed by atoms with Crippen molar-refractivity contribution in [1.82, 2.24) is 0 Å². The molecule has 0 saturated carbocycles. The van der Waals surface area contributed by atoms with Crippen LogP contribution < -0.4 is 0 Å². The highest BCUT2D eigenvalue weighted by atomic mass is 16.5. The first-order valence-electron chi connectivity index (χ1n) is 5.67. The summed E-state index contributed by atoms with van der Waals surface area (Å²) in [6.45, 7) is 18.1. The number of rotatable bonds is 5. The van der Waals surface area contributed by atoms with Gasteiger partial charge in [-0.2, -0.15) is 0 Å². The number of methoxy groups -OCH3 is 1. The molecule has 0 bridgehead atoms. The first-order valence-corrected chi connectivity index (χ1v) is 5.67. The van der Waals surface area contributed by atoms with Crippen molar-refractivity contribution in [3.63, 3.8) is 0 Å². The van der Waals surface area contributed by atoms with Crippen LogP contribution >= 0.6 is 0 Å². The molecule has 0 aliphatic carbocycles. The standard InChI is InChI=1S/C10H16O.2C2H6/c1-5-7-9(3)10(6-2)8-11-4;2*1-2/h5-6H,1-2,7-8H2,3-4H3;2*1-2H3/b10-9+;;. The highest BCUT2D eigenvalue weighted by Crippen LogP contribution is 2.09. The summed E-state index contributed by atoms with van der Waals surface area (Å²) < 4.78 is 5.00. The Morgan fingerprint density at radius 1 is 1.13 bits per heavy atom. The Balaban J connectivity index is -0.000000318. The Labute approximate surface area is 96.5 Å². The minimum atomic E-state index is 0.642. The molecule has 0 saturated heterocycles. The molecule has 0 fully saturated rings. The van der Waals surface area contributed by atoms with Gasteiger partial charge >= 0.3 is 0 Å². The van der Waals surface area contributed by atoms with E-state index in [1.165, 1.54) is 5.57 Å². The van der Waals surface area contributed by atoms with E-state index in [9.17, 15) is 0 Å². The topological polar surface area (TPSA) is 9.23 Å². The maximum Gasteiger partial charge on any atom is 0.0712 e. The van der Waals surface area contributed by atoms with Crippen LogP contribution in [0.4, 0.5) is 0 Å². The molecule has 0 aliphatic rings. The number of hydrogen-bond acceptors (Lipinski definition) is 1. The van der Waals surface area contributed by atoms with E-state index in [-0.39, 0.29) is 0 Å². The van der Waals surface area contributed by atoms with E-state index >= 15 is 0 Å². The van der Waals surface area contributed by atoms with Gasteiger partial charge in [-0.05, 0) is 18.9 Å². The predicted molar refractivity (Wildman–Crippen MR) is 72.3 cm³/mol. The molecule has 0 rings (SSSR count). The summed E-state index contributed by atoms with van der Waals surface area (Å²) in [4.78, 5) is 0. The van der Waals surface area contributed by atoms with E-state index in [0.717, 1.165) is 12.0 Å². The van der Waals surface area contributed by atoms with Crippen molar-refractivity contribution >= 4 is 0 Å². The highest BCUT2D eigenvalue weighted by molar-refractivity contribution is 5.24. The molecule has 0 amide bonds. The van der Waals surface area contributed by atoms with Crippen LogP contribution in [0.5, 0.6) is 0 Å². The lowest BCUT2D eigenvalue weighted by Gasteiger charge is -2.04. The van der Waals surface area contributed by atoms with Crippen LogP contribution in [-0.2, 0) is 4.74 Å². The molecular weight excluding hydrogens is 184 g/mol. The van der Waals surface area contributed by atoms with E-state index in [2.05, 4.69) is 20.1 Å². The Morgan fingerprint density at radius 2 is 1.60 bits per heavy atom. The van der Waals surface area contributed by atoms with Crippen molar-refractivity contribution in [2.75, 3.05) is 13.7 Å². The molecule has 0 N–H and O–H groups in total. The third kappa shape index (κ3) is 13.2. The zero-order chi connectivity index (χ0) is 12.7. The molecule has 0 spiro atoms. The third-order valence-electron chi connectivity index (χ3n) is 1.54. The van der Waals surface area contributed by atoms with Crippen molar-refractivity contribution in [2.45, 2.75) is 41.0 Å². The van der Waals surface area contributed by atoms with Gasteiger partial charge in [0.2, 0.25) is 0 Å². The van der Waals surface area contributed by atoms with Crippen LogP contribution in [0, 0.1) is 0 Å². The molecule has 1 nitrogen and oxygen atoms in total. The maximum absolute atomic E-state index is 5.00. The van der Waals surface area contributed by atoms with Crippen molar-refractivity contribution in [2.24, 2.45) is 0 Å². The molecule has 0 atom stereocenters. The Hall–Kier alpha value is -0.820. The summed E-state index contributed by atoms with van der Waals surface area (Å²) in [5.41, 5.74) is 2.43. The van der Waals surface area contributed by atoms with Gasteiger partial charge in [0.25, 0.3) is 0 Å². The third-order valence-corrected chi connectivity index (χ3v) is 1.54. The quantitative estimate of drug-likeness (QED) is 0.471. The first kappa shape index (κ1) is 19.7. The highest BCUT2D eigenvalue weighted by Gasteiger charge is 1.95. The average Bonchev–Trinajstić information content (AvgIpc) is 2.31. The summed E-state index contributed by atoms with van der Waals surface area (Å²) in [5.74, 6) is 0. The molecule has 0 aromatic rings. The molecule has 0 aromatic carbocycles. The fourth-order valence-electron chi connectivity index (χ4n) is 0.859. The zero-order valence-corrected chi connectivity index (χ0v) is 11.4. The Kier molecular flexibility index (Phi) is 24.8. The SMILES string of the molecule is C=CC/C(C)=C(\C=C)COC.CC.CC. The normalized spacial score (nSPS) is 9.73. The van der Waals surface area contributed by atoms with Gasteiger partial charge in [0.1, 0.15) is 0 Å². The van der Waals surface area contributed by atoms with E-state index in [0.29, 0.717) is 6.61 Å². The molecule has 0 radical (unpaired) electrons. The van der Waals surface area contributed by atoms with Gasteiger partial charge in [-0.1, -0.05) is 52.0 Å². The van der Waals surface area contributed by atoms with Gasteiger partial charge < -0.3 is 4.74 Å². The van der Waals surface area contributed by atoms with E-state index in [1.807, 2.05) is 39.8 Å². The van der Waals surface area contributed by atoms with Gasteiger partial charge in [-0.3, -0.25) is 0 Å². The predicted octanol–water partition coefficient (Wildman–Crippen LogP) is 4.76. The smallest absolute Gasteiger partial charge is 0.0712 e. The van der Waals surface area contributed by atoms with Crippen LogP contribution in [0.15, 0.2) is 36.5 Å². The van der Waals surface area contributed by atoms with E-state index in [4.69, 9.17) is 4.74 Å². The fraction of sp³-hybridized carbons (Fsp3) is 0.571. The molecule has 15 heavy (non-hydrogen) atoms. The second-order valence-electron chi connectivity index (χ2n) is 2.44. The van der Waals surface area contributed by atoms with Crippen LogP contribution in [0.25, 0.3) is 0 Å². The summed E-state index contributed by atoms with van der Waals surface area (Å²) in [6.07, 6.45) is 4.63. The van der Waals surface area contributed by atoms with Crippen LogP contribution in [0.1, 0.15) is 41.0 Å². The number of hydrogen-bond donors (Lipinski definition) is 0. The second-order valence-corrected chi connectivity index (χ2v) is 2.44.